The van der Waals surface area contributed by atoms with Crippen LogP contribution in [0.25, 0.3) is 0 Å². The van der Waals surface area contributed by atoms with Crippen LogP contribution in [-0.4, -0.2) is 0 Å². The van der Waals surface area contributed by atoms with Gasteiger partial charge in [-0.3, -0.25) is 0 Å². The van der Waals surface area contributed by atoms with Crippen LogP contribution >= 0.6 is 0 Å². The Kier molecular flexibility index (Phi) is 9.73. The second-order valence-electron chi connectivity index (χ2n) is 4.04. The highest BCUT2D eigenvalue weighted by Crippen LogP contribution is 2.06. The molecule has 14 heavy (non-hydrogen) atoms. The molecule has 0 aromatic heterocycles. The van der Waals surface area contributed by atoms with Crippen LogP contribution in [0, 0.1) is 5.92 Å². The first kappa shape index (κ1) is 13.2. The Bertz CT molecular complexity index is 150. The maximum absolute atomic E-state index is 2.29. The number of unbranched alkanes of at least 4 members (excludes halogenated alkanes) is 2. The zero-order valence-electron chi connectivity index (χ0n) is 9.87. The normalized spacial score (nSPS) is 9.43. The third-order valence-corrected chi connectivity index (χ3v) is 2.05. The second kappa shape index (κ2) is 10.3. The van der Waals surface area contributed by atoms with Gasteiger partial charge in [-0.1, -0.05) is 82.9 Å². The summed E-state index contributed by atoms with van der Waals surface area (Å²) in [6, 6.07) is 12.0. The van der Waals surface area contributed by atoms with Crippen molar-refractivity contribution in [3.05, 3.63) is 36.4 Å². The van der Waals surface area contributed by atoms with E-state index in [0.717, 1.165) is 5.92 Å². The van der Waals surface area contributed by atoms with Crippen molar-refractivity contribution < 1.29 is 0 Å². The minimum Gasteiger partial charge on any atom is -0.0654 e. The quantitative estimate of drug-likeness (QED) is 0.595. The Morgan fingerprint density at radius 1 is 0.786 bits per heavy atom. The molecule has 0 heteroatoms. The van der Waals surface area contributed by atoms with E-state index in [1.54, 1.807) is 0 Å². The molecular weight excluding hydrogens is 168 g/mol. The van der Waals surface area contributed by atoms with Crippen LogP contribution in [-0.2, 0) is 0 Å². The van der Waals surface area contributed by atoms with Gasteiger partial charge in [0.25, 0.3) is 0 Å². The van der Waals surface area contributed by atoms with Crippen LogP contribution in [0.4, 0.5) is 0 Å². The summed E-state index contributed by atoms with van der Waals surface area (Å²) in [5.74, 6) is 0.904. The van der Waals surface area contributed by atoms with E-state index in [2.05, 4.69) is 20.8 Å². The van der Waals surface area contributed by atoms with Crippen molar-refractivity contribution in [2.24, 2.45) is 5.92 Å². The van der Waals surface area contributed by atoms with Crippen molar-refractivity contribution in [1.82, 2.24) is 0 Å². The highest BCUT2D eigenvalue weighted by Gasteiger charge is 1.90. The van der Waals surface area contributed by atoms with Crippen LogP contribution in [0.1, 0.15) is 46.5 Å². The van der Waals surface area contributed by atoms with Crippen LogP contribution in [0.15, 0.2) is 36.4 Å². The minimum absolute atomic E-state index is 0.904. The van der Waals surface area contributed by atoms with Crippen LogP contribution in [0.2, 0.25) is 0 Å². The lowest BCUT2D eigenvalue weighted by atomic mass is 10.1. The minimum atomic E-state index is 0.904. The summed E-state index contributed by atoms with van der Waals surface area (Å²) in [7, 11) is 0. The van der Waals surface area contributed by atoms with Gasteiger partial charge in [0, 0.05) is 0 Å². The molecule has 1 aromatic rings. The SMILES string of the molecule is CCCCCC(C)C.c1ccccc1. The van der Waals surface area contributed by atoms with Gasteiger partial charge < -0.3 is 0 Å². The van der Waals surface area contributed by atoms with Gasteiger partial charge in [-0.2, -0.15) is 0 Å². The molecular formula is C14H24. The van der Waals surface area contributed by atoms with E-state index < -0.39 is 0 Å². The molecule has 0 aliphatic rings. The van der Waals surface area contributed by atoms with Gasteiger partial charge in [0.05, 0.1) is 0 Å². The summed E-state index contributed by atoms with van der Waals surface area (Å²) in [5, 5.41) is 0. The van der Waals surface area contributed by atoms with Crippen molar-refractivity contribution in [2.75, 3.05) is 0 Å². The van der Waals surface area contributed by atoms with Crippen LogP contribution in [0.3, 0.4) is 0 Å². The van der Waals surface area contributed by atoms with Gasteiger partial charge in [0.1, 0.15) is 0 Å². The van der Waals surface area contributed by atoms with Crippen molar-refractivity contribution in [3.8, 4) is 0 Å². The van der Waals surface area contributed by atoms with Gasteiger partial charge in [0.15, 0.2) is 0 Å². The fourth-order valence-corrected chi connectivity index (χ4v) is 1.19. The Morgan fingerprint density at radius 2 is 1.21 bits per heavy atom. The van der Waals surface area contributed by atoms with E-state index in [-0.39, 0.29) is 0 Å². The van der Waals surface area contributed by atoms with Gasteiger partial charge in [-0.15, -0.1) is 0 Å². The standard InChI is InChI=1S/C8H18.C6H6/c1-4-5-6-7-8(2)3;1-2-4-6-5-3-1/h8H,4-7H2,1-3H3;1-6H. The van der Waals surface area contributed by atoms with Crippen molar-refractivity contribution >= 4 is 0 Å². The fraction of sp³-hybridized carbons (Fsp3) is 0.571. The Morgan fingerprint density at radius 3 is 1.50 bits per heavy atom. The lowest BCUT2D eigenvalue weighted by Crippen LogP contribution is -1.85. The van der Waals surface area contributed by atoms with E-state index in [1.807, 2.05) is 36.4 Å². The molecule has 80 valence electrons. The summed E-state index contributed by atoms with van der Waals surface area (Å²) in [5.41, 5.74) is 0. The zero-order valence-corrected chi connectivity index (χ0v) is 9.87. The summed E-state index contributed by atoms with van der Waals surface area (Å²) in [4.78, 5) is 0. The highest BCUT2D eigenvalue weighted by atomic mass is 14.0. The average molecular weight is 192 g/mol. The molecule has 0 fully saturated rings. The molecule has 0 N–H and O–H groups in total. The van der Waals surface area contributed by atoms with E-state index >= 15 is 0 Å². The van der Waals surface area contributed by atoms with E-state index in [9.17, 15) is 0 Å². The fourth-order valence-electron chi connectivity index (χ4n) is 1.19. The maximum atomic E-state index is 2.29. The first-order chi connectivity index (χ1) is 6.77. The lowest BCUT2D eigenvalue weighted by molar-refractivity contribution is 0.534. The summed E-state index contributed by atoms with van der Waals surface area (Å²) in [6.45, 7) is 6.83. The molecule has 0 aliphatic carbocycles. The third-order valence-electron chi connectivity index (χ3n) is 2.05. The molecule has 0 unspecified atom stereocenters. The molecule has 0 spiro atoms. The van der Waals surface area contributed by atoms with E-state index in [0.29, 0.717) is 0 Å². The third kappa shape index (κ3) is 11.2. The van der Waals surface area contributed by atoms with Crippen molar-refractivity contribution in [1.29, 1.82) is 0 Å². The van der Waals surface area contributed by atoms with Crippen LogP contribution < -0.4 is 0 Å². The topological polar surface area (TPSA) is 0 Å². The summed E-state index contributed by atoms with van der Waals surface area (Å²) >= 11 is 0. The highest BCUT2D eigenvalue weighted by molar-refractivity contribution is 4.99. The second-order valence-corrected chi connectivity index (χ2v) is 4.04. The molecule has 1 rings (SSSR count). The molecule has 0 atom stereocenters. The van der Waals surface area contributed by atoms with Gasteiger partial charge >= 0.3 is 0 Å². The Balaban J connectivity index is 0.000000249. The first-order valence-electron chi connectivity index (χ1n) is 5.77. The van der Waals surface area contributed by atoms with Gasteiger partial charge in [-0.05, 0) is 5.92 Å². The monoisotopic (exact) mass is 192 g/mol. The van der Waals surface area contributed by atoms with Crippen molar-refractivity contribution in [3.63, 3.8) is 0 Å². The molecule has 0 radical (unpaired) electrons. The molecule has 0 saturated heterocycles. The Hall–Kier alpha value is -0.780. The molecule has 1 aromatic carbocycles. The largest absolute Gasteiger partial charge is 0.0654 e. The summed E-state index contributed by atoms with van der Waals surface area (Å²) < 4.78 is 0. The van der Waals surface area contributed by atoms with E-state index in [1.165, 1.54) is 25.7 Å². The molecule has 0 bridgehead atoms. The molecule has 0 nitrogen and oxygen atoms in total. The number of benzene rings is 1. The number of rotatable bonds is 4. The molecule has 0 heterocycles. The van der Waals surface area contributed by atoms with E-state index in [4.69, 9.17) is 0 Å². The zero-order chi connectivity index (χ0) is 10.6. The van der Waals surface area contributed by atoms with Gasteiger partial charge in [-0.25, -0.2) is 0 Å². The predicted octanol–water partition coefficient (Wildman–Crippen LogP) is 4.91. The first-order valence-corrected chi connectivity index (χ1v) is 5.77. The predicted molar refractivity (Wildman–Crippen MR) is 65.4 cm³/mol. The smallest absolute Gasteiger partial charge is 0.0471 e. The molecule has 0 aliphatic heterocycles. The van der Waals surface area contributed by atoms with Crippen molar-refractivity contribution in [2.45, 2.75) is 46.5 Å². The van der Waals surface area contributed by atoms with Gasteiger partial charge in [0.2, 0.25) is 0 Å². The average Bonchev–Trinajstić information content (AvgIpc) is 2.21. The van der Waals surface area contributed by atoms with Crippen LogP contribution in [0.5, 0.6) is 0 Å². The lowest BCUT2D eigenvalue weighted by Gasteiger charge is -2.00. The maximum Gasteiger partial charge on any atom is -0.0471 e. The number of hydrogen-bond acceptors (Lipinski definition) is 0. The Labute approximate surface area is 89.4 Å². The number of hydrogen-bond donors (Lipinski definition) is 0. The molecule has 0 amide bonds. The summed E-state index contributed by atoms with van der Waals surface area (Å²) in [6.07, 6.45) is 5.60. The molecule has 0 saturated carbocycles.